The van der Waals surface area contributed by atoms with Gasteiger partial charge in [-0.25, -0.2) is 9.07 Å². The second kappa shape index (κ2) is 4.31. The van der Waals surface area contributed by atoms with Gasteiger partial charge in [0.15, 0.2) is 0 Å². The van der Waals surface area contributed by atoms with Crippen LogP contribution in [0.1, 0.15) is 0 Å². The molecule has 0 bridgehead atoms. The zero-order valence-electron chi connectivity index (χ0n) is 9.18. The maximum Gasteiger partial charge on any atom is 0.149 e. The van der Waals surface area contributed by atoms with Crippen molar-refractivity contribution in [2.75, 3.05) is 0 Å². The summed E-state index contributed by atoms with van der Waals surface area (Å²) < 4.78 is 20.6. The molecule has 0 radical (unpaired) electrons. The Morgan fingerprint density at radius 3 is 2.78 bits per heavy atom. The van der Waals surface area contributed by atoms with Gasteiger partial charge in [0.2, 0.25) is 0 Å². The number of hydrogen-bond donors (Lipinski definition) is 0. The van der Waals surface area contributed by atoms with Crippen LogP contribution in [0, 0.1) is 5.82 Å². The van der Waals surface area contributed by atoms with E-state index in [1.165, 1.54) is 16.9 Å². The molecule has 2 heterocycles. The van der Waals surface area contributed by atoms with Gasteiger partial charge in [-0.05, 0) is 30.3 Å². The number of aromatic nitrogens is 2. The fourth-order valence-corrected chi connectivity index (χ4v) is 1.86. The van der Waals surface area contributed by atoms with Gasteiger partial charge in [0.1, 0.15) is 17.3 Å². The topological polar surface area (TPSA) is 31.0 Å². The monoisotopic (exact) mass is 262 g/mol. The van der Waals surface area contributed by atoms with Crippen LogP contribution in [-0.4, -0.2) is 9.78 Å². The van der Waals surface area contributed by atoms with Gasteiger partial charge in [-0.1, -0.05) is 11.6 Å². The molecule has 0 aliphatic heterocycles. The molecule has 0 atom stereocenters. The van der Waals surface area contributed by atoms with Crippen molar-refractivity contribution >= 4 is 11.6 Å². The molecule has 0 amide bonds. The van der Waals surface area contributed by atoms with Gasteiger partial charge in [-0.15, -0.1) is 0 Å². The summed E-state index contributed by atoms with van der Waals surface area (Å²) in [6.07, 6.45) is 4.56. The minimum Gasteiger partial charge on any atom is -0.464 e. The van der Waals surface area contributed by atoms with Crippen molar-refractivity contribution in [1.29, 1.82) is 0 Å². The Hall–Kier alpha value is -2.07. The lowest BCUT2D eigenvalue weighted by Crippen LogP contribution is -1.97. The molecule has 0 unspecified atom stereocenters. The lowest BCUT2D eigenvalue weighted by atomic mass is 10.1. The molecule has 2 aromatic heterocycles. The van der Waals surface area contributed by atoms with Crippen molar-refractivity contribution in [2.45, 2.75) is 0 Å². The fraction of sp³-hybridized carbons (Fsp3) is 0. The van der Waals surface area contributed by atoms with Gasteiger partial charge in [-0.2, -0.15) is 5.10 Å². The summed E-state index contributed by atoms with van der Waals surface area (Å²) in [4.78, 5) is 0. The Balaban J connectivity index is 2.04. The lowest BCUT2D eigenvalue weighted by Gasteiger charge is -2.04. The van der Waals surface area contributed by atoms with Gasteiger partial charge < -0.3 is 4.42 Å². The molecule has 5 heteroatoms. The van der Waals surface area contributed by atoms with Crippen molar-refractivity contribution in [1.82, 2.24) is 9.78 Å². The van der Waals surface area contributed by atoms with Gasteiger partial charge >= 0.3 is 0 Å². The SMILES string of the molecule is Fc1cc(-c2ccco2)ccc1-n1cc(Cl)cn1. The first-order valence-electron chi connectivity index (χ1n) is 5.28. The minimum absolute atomic E-state index is 0.345. The van der Waals surface area contributed by atoms with Crippen LogP contribution in [0.25, 0.3) is 17.0 Å². The summed E-state index contributed by atoms with van der Waals surface area (Å²) in [5.74, 6) is 0.239. The first-order chi connectivity index (χ1) is 8.74. The van der Waals surface area contributed by atoms with Crippen molar-refractivity contribution in [2.24, 2.45) is 0 Å². The molecule has 3 rings (SSSR count). The molecule has 0 N–H and O–H groups in total. The predicted octanol–water partition coefficient (Wildman–Crippen LogP) is 3.92. The summed E-state index contributed by atoms with van der Waals surface area (Å²) in [6.45, 7) is 0. The summed E-state index contributed by atoms with van der Waals surface area (Å²) in [5, 5.41) is 4.42. The van der Waals surface area contributed by atoms with Gasteiger partial charge in [0.05, 0.1) is 17.5 Å². The van der Waals surface area contributed by atoms with E-state index in [2.05, 4.69) is 5.10 Å². The summed E-state index contributed by atoms with van der Waals surface area (Å²) in [7, 11) is 0. The highest BCUT2D eigenvalue weighted by Crippen LogP contribution is 2.24. The van der Waals surface area contributed by atoms with Crippen LogP contribution >= 0.6 is 11.6 Å². The number of rotatable bonds is 2. The summed E-state index contributed by atoms with van der Waals surface area (Å²) >= 11 is 5.75. The Bertz CT molecular complexity index is 676. The Morgan fingerprint density at radius 1 is 1.28 bits per heavy atom. The average molecular weight is 263 g/mol. The lowest BCUT2D eigenvalue weighted by molar-refractivity contribution is 0.579. The van der Waals surface area contributed by atoms with E-state index in [4.69, 9.17) is 16.0 Å². The van der Waals surface area contributed by atoms with Crippen LogP contribution in [0.3, 0.4) is 0 Å². The number of nitrogens with zero attached hydrogens (tertiary/aromatic N) is 2. The highest BCUT2D eigenvalue weighted by Gasteiger charge is 2.09. The van der Waals surface area contributed by atoms with E-state index in [0.717, 1.165) is 0 Å². The molecular formula is C13H8ClFN2O. The van der Waals surface area contributed by atoms with Crippen molar-refractivity contribution in [3.63, 3.8) is 0 Å². The summed E-state index contributed by atoms with van der Waals surface area (Å²) in [5.41, 5.74) is 1.02. The standard InChI is InChI=1S/C13H8ClFN2O/c14-10-7-16-17(8-10)12-4-3-9(6-11(12)15)13-2-1-5-18-13/h1-8H. The zero-order chi connectivity index (χ0) is 12.5. The van der Waals surface area contributed by atoms with Crippen molar-refractivity contribution in [3.8, 4) is 17.0 Å². The molecule has 0 saturated carbocycles. The van der Waals surface area contributed by atoms with Crippen LogP contribution in [0.4, 0.5) is 4.39 Å². The van der Waals surface area contributed by atoms with E-state index < -0.39 is 0 Å². The number of benzene rings is 1. The van der Waals surface area contributed by atoms with Crippen LogP contribution in [0.2, 0.25) is 5.02 Å². The normalized spacial score (nSPS) is 10.8. The first-order valence-corrected chi connectivity index (χ1v) is 5.66. The van der Waals surface area contributed by atoms with Gasteiger partial charge in [-0.3, -0.25) is 0 Å². The largest absolute Gasteiger partial charge is 0.464 e. The van der Waals surface area contributed by atoms with E-state index in [1.807, 2.05) is 0 Å². The maximum atomic E-state index is 14.0. The highest BCUT2D eigenvalue weighted by atomic mass is 35.5. The van der Waals surface area contributed by atoms with E-state index in [-0.39, 0.29) is 5.82 Å². The second-order valence-corrected chi connectivity index (χ2v) is 4.18. The molecule has 0 aliphatic rings. The zero-order valence-corrected chi connectivity index (χ0v) is 9.93. The highest BCUT2D eigenvalue weighted by molar-refractivity contribution is 6.30. The fourth-order valence-electron chi connectivity index (χ4n) is 1.72. The number of hydrogen-bond acceptors (Lipinski definition) is 2. The molecule has 1 aromatic carbocycles. The smallest absolute Gasteiger partial charge is 0.149 e. The molecule has 3 aromatic rings. The molecule has 0 aliphatic carbocycles. The number of halogens is 2. The maximum absolute atomic E-state index is 14.0. The van der Waals surface area contributed by atoms with Crippen LogP contribution < -0.4 is 0 Å². The molecule has 0 fully saturated rings. The molecule has 3 nitrogen and oxygen atoms in total. The van der Waals surface area contributed by atoms with Crippen LogP contribution in [0.5, 0.6) is 0 Å². The Morgan fingerprint density at radius 2 is 2.17 bits per heavy atom. The van der Waals surface area contributed by atoms with Crippen LogP contribution in [-0.2, 0) is 0 Å². The Labute approximate surface area is 107 Å². The van der Waals surface area contributed by atoms with E-state index in [0.29, 0.717) is 22.0 Å². The average Bonchev–Trinajstić information content (AvgIpc) is 2.99. The quantitative estimate of drug-likeness (QED) is 0.701. The van der Waals surface area contributed by atoms with E-state index in [1.54, 1.807) is 36.7 Å². The number of furan rings is 1. The predicted molar refractivity (Wildman–Crippen MR) is 66.2 cm³/mol. The summed E-state index contributed by atoms with van der Waals surface area (Å²) in [6, 6.07) is 8.35. The molecule has 0 spiro atoms. The minimum atomic E-state index is -0.385. The molecule has 0 saturated heterocycles. The van der Waals surface area contributed by atoms with Gasteiger partial charge in [0, 0.05) is 11.8 Å². The third-order valence-corrected chi connectivity index (χ3v) is 2.75. The van der Waals surface area contributed by atoms with Crippen LogP contribution in [0.15, 0.2) is 53.4 Å². The molecule has 18 heavy (non-hydrogen) atoms. The Kier molecular flexibility index (Phi) is 2.64. The van der Waals surface area contributed by atoms with Crippen molar-refractivity contribution in [3.05, 3.63) is 59.8 Å². The van der Waals surface area contributed by atoms with Crippen molar-refractivity contribution < 1.29 is 8.81 Å². The first kappa shape index (κ1) is 11.0. The third-order valence-electron chi connectivity index (χ3n) is 2.55. The van der Waals surface area contributed by atoms with Gasteiger partial charge in [0.25, 0.3) is 0 Å². The third kappa shape index (κ3) is 1.91. The van der Waals surface area contributed by atoms with E-state index >= 15 is 0 Å². The second-order valence-electron chi connectivity index (χ2n) is 3.75. The van der Waals surface area contributed by atoms with E-state index in [9.17, 15) is 4.39 Å². The molecule has 90 valence electrons. The molecular weight excluding hydrogens is 255 g/mol.